The molecule has 0 radical (unpaired) electrons. The zero-order valence-electron chi connectivity index (χ0n) is 16.8. The molecule has 4 aromatic rings. The predicted octanol–water partition coefficient (Wildman–Crippen LogP) is 5.51. The number of hydrogen-bond acceptors (Lipinski definition) is 5. The summed E-state index contributed by atoms with van der Waals surface area (Å²) >= 11 is 1.37. The Hall–Kier alpha value is -3.82. The molecular weight excluding hydrogens is 406 g/mol. The van der Waals surface area contributed by atoms with Crippen molar-refractivity contribution in [2.45, 2.75) is 5.03 Å². The maximum atomic E-state index is 12.4. The number of thioether (sulfide) groups is 1. The Morgan fingerprint density at radius 3 is 2.68 bits per heavy atom. The normalized spacial score (nSPS) is 10.5. The summed E-state index contributed by atoms with van der Waals surface area (Å²) < 4.78 is 5.36. The van der Waals surface area contributed by atoms with Crippen LogP contribution in [0.15, 0.2) is 83.9 Å². The van der Waals surface area contributed by atoms with Crippen LogP contribution < -0.4 is 10.1 Å². The van der Waals surface area contributed by atoms with Crippen molar-refractivity contribution in [1.29, 1.82) is 5.26 Å². The highest BCUT2D eigenvalue weighted by molar-refractivity contribution is 7.99. The third-order valence-corrected chi connectivity index (χ3v) is 5.62. The van der Waals surface area contributed by atoms with Crippen LogP contribution in [0.2, 0.25) is 0 Å². The van der Waals surface area contributed by atoms with E-state index >= 15 is 0 Å². The molecule has 1 heterocycles. The average Bonchev–Trinajstić information content (AvgIpc) is 2.82. The molecule has 6 heteroatoms. The van der Waals surface area contributed by atoms with Crippen LogP contribution >= 0.6 is 11.8 Å². The lowest BCUT2D eigenvalue weighted by Crippen LogP contribution is -2.14. The number of hydrogen-bond donors (Lipinski definition) is 1. The highest BCUT2D eigenvalue weighted by Crippen LogP contribution is 2.33. The minimum atomic E-state index is -0.158. The van der Waals surface area contributed by atoms with Crippen LogP contribution in [-0.2, 0) is 4.79 Å². The zero-order chi connectivity index (χ0) is 21.6. The van der Waals surface area contributed by atoms with Crippen molar-refractivity contribution in [1.82, 2.24) is 4.98 Å². The molecule has 0 aliphatic carbocycles. The van der Waals surface area contributed by atoms with Crippen molar-refractivity contribution in [3.8, 4) is 22.9 Å². The number of carbonyl (C=O) groups excluding carboxylic acids is 1. The lowest BCUT2D eigenvalue weighted by Gasteiger charge is -2.11. The number of rotatable bonds is 6. The first kappa shape index (κ1) is 20.5. The summed E-state index contributed by atoms with van der Waals surface area (Å²) in [6.45, 7) is 0. The van der Waals surface area contributed by atoms with Crippen molar-refractivity contribution < 1.29 is 9.53 Å². The van der Waals surface area contributed by atoms with Gasteiger partial charge in [-0.1, -0.05) is 48.2 Å². The number of anilines is 1. The largest absolute Gasteiger partial charge is 0.497 e. The number of ether oxygens (including phenoxy) is 1. The minimum Gasteiger partial charge on any atom is -0.497 e. The number of pyridine rings is 1. The molecule has 0 atom stereocenters. The maximum absolute atomic E-state index is 12.4. The number of methoxy groups -OCH3 is 1. The number of carbonyl (C=O) groups is 1. The van der Waals surface area contributed by atoms with Gasteiger partial charge in [0.15, 0.2) is 0 Å². The van der Waals surface area contributed by atoms with Gasteiger partial charge >= 0.3 is 0 Å². The Kier molecular flexibility index (Phi) is 6.16. The molecule has 0 saturated carbocycles. The second-order valence-corrected chi connectivity index (χ2v) is 7.78. The average molecular weight is 426 g/mol. The molecule has 1 aromatic heterocycles. The highest BCUT2D eigenvalue weighted by Gasteiger charge is 2.11. The maximum Gasteiger partial charge on any atom is 0.234 e. The first-order chi connectivity index (χ1) is 15.2. The van der Waals surface area contributed by atoms with Gasteiger partial charge in [-0.3, -0.25) is 4.79 Å². The second-order valence-electron chi connectivity index (χ2n) is 6.79. The molecule has 0 bridgehead atoms. The molecule has 3 aromatic carbocycles. The van der Waals surface area contributed by atoms with Gasteiger partial charge in [-0.25, -0.2) is 4.98 Å². The summed E-state index contributed by atoms with van der Waals surface area (Å²) in [5.74, 6) is 0.776. The van der Waals surface area contributed by atoms with Crippen molar-refractivity contribution in [2.75, 3.05) is 18.2 Å². The molecule has 0 aliphatic heterocycles. The van der Waals surface area contributed by atoms with E-state index in [2.05, 4.69) is 23.5 Å². The SMILES string of the molecule is COc1ccc2c(-c3ccccc3)cc(SCC(=O)Nc3cccc(C#N)c3)nc2c1. The molecule has 0 aliphatic rings. The first-order valence-corrected chi connectivity index (χ1v) is 10.6. The highest BCUT2D eigenvalue weighted by atomic mass is 32.2. The second kappa shape index (κ2) is 9.33. The Morgan fingerprint density at radius 2 is 1.90 bits per heavy atom. The van der Waals surface area contributed by atoms with E-state index in [0.29, 0.717) is 11.3 Å². The zero-order valence-corrected chi connectivity index (χ0v) is 17.6. The number of nitrogens with zero attached hydrogens (tertiary/aromatic N) is 2. The van der Waals surface area contributed by atoms with Gasteiger partial charge in [-0.15, -0.1) is 0 Å². The third kappa shape index (κ3) is 4.85. The minimum absolute atomic E-state index is 0.158. The van der Waals surface area contributed by atoms with Crippen LogP contribution in [0.5, 0.6) is 5.75 Å². The summed E-state index contributed by atoms with van der Waals surface area (Å²) in [7, 11) is 1.63. The van der Waals surface area contributed by atoms with E-state index in [-0.39, 0.29) is 11.7 Å². The fraction of sp³-hybridized carbons (Fsp3) is 0.0800. The van der Waals surface area contributed by atoms with E-state index in [1.54, 1.807) is 31.4 Å². The molecule has 0 unspecified atom stereocenters. The van der Waals surface area contributed by atoms with Crippen molar-refractivity contribution in [3.63, 3.8) is 0 Å². The number of fused-ring (bicyclic) bond motifs is 1. The van der Waals surface area contributed by atoms with Gasteiger partial charge in [0.25, 0.3) is 0 Å². The Labute approximate surface area is 184 Å². The van der Waals surface area contributed by atoms with E-state index in [0.717, 1.165) is 32.8 Å². The molecule has 4 rings (SSSR count). The number of nitriles is 1. The number of nitrogens with one attached hydrogen (secondary N) is 1. The van der Waals surface area contributed by atoms with E-state index in [9.17, 15) is 4.79 Å². The number of aromatic nitrogens is 1. The molecular formula is C25H19N3O2S. The molecule has 1 amide bonds. The van der Waals surface area contributed by atoms with Gasteiger partial charge in [0.2, 0.25) is 5.91 Å². The molecule has 152 valence electrons. The lowest BCUT2D eigenvalue weighted by molar-refractivity contribution is -0.113. The van der Waals surface area contributed by atoms with Gasteiger partial charge in [-0.2, -0.15) is 5.26 Å². The van der Waals surface area contributed by atoms with E-state index < -0.39 is 0 Å². The molecule has 0 fully saturated rings. The molecule has 31 heavy (non-hydrogen) atoms. The van der Waals surface area contributed by atoms with Gasteiger partial charge < -0.3 is 10.1 Å². The molecule has 1 N–H and O–H groups in total. The van der Waals surface area contributed by atoms with Crippen molar-refractivity contribution in [2.24, 2.45) is 0 Å². The number of amides is 1. The Morgan fingerprint density at radius 1 is 1.06 bits per heavy atom. The van der Waals surface area contributed by atoms with Crippen LogP contribution in [0.25, 0.3) is 22.0 Å². The third-order valence-electron chi connectivity index (χ3n) is 4.70. The van der Waals surface area contributed by atoms with Gasteiger partial charge in [0.1, 0.15) is 5.75 Å². The summed E-state index contributed by atoms with van der Waals surface area (Å²) in [6.07, 6.45) is 0. The summed E-state index contributed by atoms with van der Waals surface area (Å²) in [4.78, 5) is 17.2. The summed E-state index contributed by atoms with van der Waals surface area (Å²) in [6, 6.07) is 26.9. The standard InChI is InChI=1S/C25H19N3O2S/c1-30-20-10-11-21-22(18-7-3-2-4-8-18)14-25(28-23(21)13-20)31-16-24(29)27-19-9-5-6-17(12-19)15-26/h2-14H,16H2,1H3,(H,27,29). The van der Waals surface area contributed by atoms with Gasteiger partial charge in [-0.05, 0) is 47.5 Å². The summed E-state index contributed by atoms with van der Waals surface area (Å²) in [5.41, 5.74) is 4.05. The van der Waals surface area contributed by atoms with E-state index in [4.69, 9.17) is 15.0 Å². The monoisotopic (exact) mass is 425 g/mol. The predicted molar refractivity (Wildman–Crippen MR) is 124 cm³/mol. The molecule has 0 saturated heterocycles. The molecule has 0 spiro atoms. The number of benzene rings is 3. The van der Waals surface area contributed by atoms with Crippen LogP contribution in [0.1, 0.15) is 5.56 Å². The van der Waals surface area contributed by atoms with E-state index in [1.165, 1.54) is 11.8 Å². The lowest BCUT2D eigenvalue weighted by atomic mass is 10.0. The summed E-state index contributed by atoms with van der Waals surface area (Å²) in [5, 5.41) is 13.6. The Bertz CT molecular complexity index is 1280. The fourth-order valence-electron chi connectivity index (χ4n) is 3.24. The van der Waals surface area contributed by atoms with Gasteiger partial charge in [0, 0.05) is 17.1 Å². The van der Waals surface area contributed by atoms with Crippen LogP contribution in [-0.4, -0.2) is 23.8 Å². The first-order valence-electron chi connectivity index (χ1n) is 9.63. The Balaban J connectivity index is 1.59. The fourth-order valence-corrected chi connectivity index (χ4v) is 3.96. The van der Waals surface area contributed by atoms with Crippen LogP contribution in [0, 0.1) is 11.3 Å². The van der Waals surface area contributed by atoms with Crippen LogP contribution in [0.4, 0.5) is 5.69 Å². The quantitative estimate of drug-likeness (QED) is 0.412. The van der Waals surface area contributed by atoms with Crippen molar-refractivity contribution >= 4 is 34.3 Å². The van der Waals surface area contributed by atoms with Crippen LogP contribution in [0.3, 0.4) is 0 Å². The molecule has 5 nitrogen and oxygen atoms in total. The van der Waals surface area contributed by atoms with Gasteiger partial charge in [0.05, 0.1) is 35.0 Å². The topological polar surface area (TPSA) is 75.0 Å². The van der Waals surface area contributed by atoms with Crippen molar-refractivity contribution in [3.05, 3.63) is 84.4 Å². The smallest absolute Gasteiger partial charge is 0.234 e. The van der Waals surface area contributed by atoms with E-state index in [1.807, 2.05) is 42.5 Å².